The molecule has 4 aromatic rings. The average molecular weight is 566 g/mol. The lowest BCUT2D eigenvalue weighted by atomic mass is 10.1. The molecule has 8 nitrogen and oxygen atoms in total. The second-order valence-corrected chi connectivity index (χ2v) is 11.9. The van der Waals surface area contributed by atoms with Crippen LogP contribution in [-0.4, -0.2) is 30.8 Å². The van der Waals surface area contributed by atoms with Crippen LogP contribution in [0.3, 0.4) is 0 Å². The molecule has 11 heteroatoms. The van der Waals surface area contributed by atoms with E-state index in [1.807, 2.05) is 41.3 Å². The van der Waals surface area contributed by atoms with Crippen molar-refractivity contribution in [2.24, 2.45) is 0 Å². The molecule has 0 aliphatic heterocycles. The van der Waals surface area contributed by atoms with Gasteiger partial charge in [0, 0.05) is 35.4 Å². The number of aryl methyl sites for hydroxylation is 1. The van der Waals surface area contributed by atoms with E-state index in [2.05, 4.69) is 20.8 Å². The van der Waals surface area contributed by atoms with Gasteiger partial charge in [-0.05, 0) is 60.4 Å². The fourth-order valence-electron chi connectivity index (χ4n) is 3.72. The molecular weight excluding hydrogens is 542 g/mol. The highest BCUT2D eigenvalue weighted by atomic mass is 35.5. The number of sulfonamides is 1. The molecule has 1 N–H and O–H groups in total. The summed E-state index contributed by atoms with van der Waals surface area (Å²) in [6, 6.07) is 20.3. The highest BCUT2D eigenvalue weighted by Crippen LogP contribution is 2.28. The maximum absolute atomic E-state index is 12.9. The molecule has 0 radical (unpaired) electrons. The number of nitrogens with one attached hydrogen (secondary N) is 1. The van der Waals surface area contributed by atoms with Crippen LogP contribution in [0.2, 0.25) is 5.02 Å². The third-order valence-corrected chi connectivity index (χ3v) is 8.13. The highest BCUT2D eigenvalue weighted by molar-refractivity contribution is 7.89. The zero-order valence-corrected chi connectivity index (χ0v) is 22.9. The van der Waals surface area contributed by atoms with Gasteiger partial charge in [-0.1, -0.05) is 41.9 Å². The minimum Gasteiger partial charge on any atom is -0.343 e. The van der Waals surface area contributed by atoms with Crippen molar-refractivity contribution in [3.05, 3.63) is 111 Å². The second kappa shape index (κ2) is 12.2. The molecule has 4 rings (SSSR count). The number of carbonyl (C=O) groups excluding carboxylic acids is 1. The lowest BCUT2D eigenvalue weighted by Crippen LogP contribution is -2.32. The topological polar surface area (TPSA) is 116 Å². The Morgan fingerprint density at radius 1 is 1.08 bits per heavy atom. The minimum absolute atomic E-state index is 0.0687. The molecule has 0 spiro atoms. The number of rotatable bonds is 10. The summed E-state index contributed by atoms with van der Waals surface area (Å²) in [5.74, 6) is -1.14. The number of carbonyl (C=O) groups is 1. The number of aromatic nitrogens is 2. The van der Waals surface area contributed by atoms with E-state index >= 15 is 0 Å². The molecule has 0 saturated carbocycles. The van der Waals surface area contributed by atoms with Crippen LogP contribution in [0.1, 0.15) is 37.6 Å². The van der Waals surface area contributed by atoms with Crippen molar-refractivity contribution in [2.75, 3.05) is 11.4 Å². The molecule has 38 heavy (non-hydrogen) atoms. The largest absolute Gasteiger partial charge is 0.343 e. The number of anilines is 1. The third-order valence-electron chi connectivity index (χ3n) is 5.64. The molecule has 0 saturated heterocycles. The molecule has 0 bridgehead atoms. The summed E-state index contributed by atoms with van der Waals surface area (Å²) in [7, 11) is -3.94. The number of hydrogen-bond donors (Lipinski definition) is 1. The molecule has 2 aromatic carbocycles. The minimum atomic E-state index is -3.94. The van der Waals surface area contributed by atoms with Crippen LogP contribution < -0.4 is 9.62 Å². The number of amides is 1. The normalized spacial score (nSPS) is 11.1. The number of halogens is 1. The molecule has 1 amide bonds. The first-order valence-electron chi connectivity index (χ1n) is 11.6. The summed E-state index contributed by atoms with van der Waals surface area (Å²) in [5.41, 5.74) is 3.20. The zero-order chi connectivity index (χ0) is 27.1. The van der Waals surface area contributed by atoms with E-state index in [-0.39, 0.29) is 11.4 Å². The molecule has 0 fully saturated rings. The van der Waals surface area contributed by atoms with Gasteiger partial charge in [0.05, 0.1) is 17.4 Å². The van der Waals surface area contributed by atoms with Crippen LogP contribution in [0.15, 0.2) is 73.1 Å². The molecular formula is C27H24ClN5O3S2. The van der Waals surface area contributed by atoms with Crippen LogP contribution in [0.4, 0.5) is 5.13 Å². The van der Waals surface area contributed by atoms with Crippen molar-refractivity contribution in [1.82, 2.24) is 14.7 Å². The fourth-order valence-corrected chi connectivity index (χ4v) is 5.84. The molecule has 0 aliphatic carbocycles. The van der Waals surface area contributed by atoms with Gasteiger partial charge in [-0.15, -0.1) is 11.3 Å². The number of nitrogens with zero attached hydrogens (tertiary/aromatic N) is 4. The van der Waals surface area contributed by atoms with E-state index in [1.54, 1.807) is 37.4 Å². The number of benzene rings is 2. The van der Waals surface area contributed by atoms with Crippen LogP contribution in [-0.2, 0) is 28.7 Å². The van der Waals surface area contributed by atoms with Crippen LogP contribution in [0.5, 0.6) is 0 Å². The number of thiazole rings is 1. The first-order chi connectivity index (χ1) is 18.2. The Labute approximate surface area is 230 Å². The third kappa shape index (κ3) is 7.38. The summed E-state index contributed by atoms with van der Waals surface area (Å²) in [6.45, 7) is 2.84. The van der Waals surface area contributed by atoms with Gasteiger partial charge in [-0.25, -0.2) is 18.1 Å². The predicted molar refractivity (Wildman–Crippen MR) is 149 cm³/mol. The van der Waals surface area contributed by atoms with Gasteiger partial charge < -0.3 is 4.90 Å². The van der Waals surface area contributed by atoms with Crippen molar-refractivity contribution in [2.45, 2.75) is 25.6 Å². The summed E-state index contributed by atoms with van der Waals surface area (Å²) >= 11 is 7.37. The predicted octanol–water partition coefficient (Wildman–Crippen LogP) is 4.88. The quantitative estimate of drug-likeness (QED) is 0.291. The second-order valence-electron chi connectivity index (χ2n) is 8.56. The van der Waals surface area contributed by atoms with Gasteiger partial charge in [-0.3, -0.25) is 9.78 Å². The van der Waals surface area contributed by atoms with Gasteiger partial charge in [0.25, 0.3) is 5.91 Å². The van der Waals surface area contributed by atoms with Gasteiger partial charge in [0.2, 0.25) is 10.0 Å². The highest BCUT2D eigenvalue weighted by Gasteiger charge is 2.23. The molecule has 2 aromatic heterocycles. The van der Waals surface area contributed by atoms with E-state index in [0.29, 0.717) is 45.7 Å². The molecule has 0 unspecified atom stereocenters. The summed E-state index contributed by atoms with van der Waals surface area (Å²) in [6.07, 6.45) is 3.67. The van der Waals surface area contributed by atoms with Gasteiger partial charge >= 0.3 is 0 Å². The van der Waals surface area contributed by atoms with Crippen molar-refractivity contribution in [3.8, 4) is 6.07 Å². The first kappa shape index (κ1) is 27.3. The van der Waals surface area contributed by atoms with Gasteiger partial charge in [0.15, 0.2) is 5.13 Å². The Bertz CT molecular complexity index is 1550. The van der Waals surface area contributed by atoms with E-state index in [0.717, 1.165) is 11.1 Å². The Kier molecular flexibility index (Phi) is 8.73. The fraction of sp³-hybridized carbons (Fsp3) is 0.185. The van der Waals surface area contributed by atoms with Crippen LogP contribution >= 0.6 is 22.9 Å². The van der Waals surface area contributed by atoms with Crippen molar-refractivity contribution in [1.29, 1.82) is 5.26 Å². The Balaban J connectivity index is 1.53. The van der Waals surface area contributed by atoms with Crippen molar-refractivity contribution < 1.29 is 13.2 Å². The van der Waals surface area contributed by atoms with E-state index in [9.17, 15) is 13.2 Å². The standard InChI is InChI=1S/C27H24ClN5O3S2/c1-19-25(26(34)32-38(35,36)18-23-3-2-13-30-16-23)31-27(37-19)33(17-22-8-10-24(28)11-9-22)14-12-20-4-6-21(15-29)7-5-20/h2-11,13,16H,12,14,17-18H2,1H3,(H,32,34). The number of hydrogen-bond acceptors (Lipinski definition) is 8. The lowest BCUT2D eigenvalue weighted by Gasteiger charge is -2.22. The molecule has 194 valence electrons. The first-order valence-corrected chi connectivity index (χ1v) is 14.5. The maximum Gasteiger partial charge on any atom is 0.284 e. The monoisotopic (exact) mass is 565 g/mol. The van der Waals surface area contributed by atoms with Crippen molar-refractivity contribution in [3.63, 3.8) is 0 Å². The van der Waals surface area contributed by atoms with E-state index in [4.69, 9.17) is 16.9 Å². The van der Waals surface area contributed by atoms with Gasteiger partial charge in [-0.2, -0.15) is 5.26 Å². The maximum atomic E-state index is 12.9. The summed E-state index contributed by atoms with van der Waals surface area (Å²) in [5, 5.41) is 10.3. The number of pyridine rings is 1. The molecule has 2 heterocycles. The Morgan fingerprint density at radius 2 is 1.79 bits per heavy atom. The Hall–Kier alpha value is -3.78. The molecule has 0 aliphatic rings. The Morgan fingerprint density at radius 3 is 2.45 bits per heavy atom. The zero-order valence-electron chi connectivity index (χ0n) is 20.5. The smallest absolute Gasteiger partial charge is 0.284 e. The summed E-state index contributed by atoms with van der Waals surface area (Å²) in [4.78, 5) is 24.0. The van der Waals surface area contributed by atoms with E-state index in [1.165, 1.54) is 17.5 Å². The summed E-state index contributed by atoms with van der Waals surface area (Å²) < 4.78 is 27.3. The van der Waals surface area contributed by atoms with E-state index < -0.39 is 15.9 Å². The average Bonchev–Trinajstić information content (AvgIpc) is 3.29. The van der Waals surface area contributed by atoms with Crippen LogP contribution in [0.25, 0.3) is 0 Å². The van der Waals surface area contributed by atoms with Crippen molar-refractivity contribution >= 4 is 44.0 Å². The number of nitriles is 1. The SMILES string of the molecule is Cc1sc(N(CCc2ccc(C#N)cc2)Cc2ccc(Cl)cc2)nc1C(=O)NS(=O)(=O)Cc1cccnc1. The van der Waals surface area contributed by atoms with Crippen LogP contribution in [0, 0.1) is 18.3 Å². The van der Waals surface area contributed by atoms with Gasteiger partial charge in [0.1, 0.15) is 5.69 Å². The lowest BCUT2D eigenvalue weighted by molar-refractivity contribution is 0.0976. The molecule has 0 atom stereocenters.